The zero-order chi connectivity index (χ0) is 14.8. The van der Waals surface area contributed by atoms with Crippen molar-refractivity contribution >= 4 is 17.2 Å². The van der Waals surface area contributed by atoms with E-state index in [1.807, 2.05) is 32.0 Å². The number of hydrogen-bond donors (Lipinski definition) is 0. The zero-order valence-electron chi connectivity index (χ0n) is 12.1. The van der Waals surface area contributed by atoms with Crippen molar-refractivity contribution in [1.29, 1.82) is 0 Å². The van der Waals surface area contributed by atoms with Crippen LogP contribution in [0.5, 0.6) is 5.75 Å². The van der Waals surface area contributed by atoms with Crippen LogP contribution < -0.4 is 4.74 Å². The van der Waals surface area contributed by atoms with E-state index in [1.54, 1.807) is 18.5 Å². The van der Waals surface area contributed by atoms with Gasteiger partial charge in [0.15, 0.2) is 5.78 Å². The van der Waals surface area contributed by atoms with E-state index in [0.717, 1.165) is 17.0 Å². The Balaban J connectivity index is 1.79. The molecule has 0 atom stereocenters. The number of hydrogen-bond acceptors (Lipinski definition) is 4. The molecule has 106 valence electrons. The smallest absolute Gasteiger partial charge is 0.172 e. The van der Waals surface area contributed by atoms with Crippen molar-refractivity contribution in [3.63, 3.8) is 0 Å². The number of pyridine rings is 1. The summed E-state index contributed by atoms with van der Waals surface area (Å²) >= 11 is 0. The number of aryl methyl sites for hydroxylation is 1. The van der Waals surface area contributed by atoms with Gasteiger partial charge in [-0.15, -0.1) is 0 Å². The lowest BCUT2D eigenvalue weighted by Gasteiger charge is -2.16. The molecule has 0 spiro atoms. The van der Waals surface area contributed by atoms with Gasteiger partial charge in [0.25, 0.3) is 0 Å². The topological polar surface area (TPSA) is 51.6 Å². The van der Waals surface area contributed by atoms with Gasteiger partial charge in [-0.2, -0.15) is 0 Å². The lowest BCUT2D eigenvalue weighted by molar-refractivity contribution is 0.0998. The summed E-state index contributed by atoms with van der Waals surface area (Å²) in [5.41, 5.74) is 4.32. The van der Waals surface area contributed by atoms with E-state index in [4.69, 9.17) is 4.74 Å². The molecule has 3 rings (SSSR count). The summed E-state index contributed by atoms with van der Waals surface area (Å²) in [4.78, 5) is 20.5. The Morgan fingerprint density at radius 1 is 1.24 bits per heavy atom. The second-order valence-electron chi connectivity index (χ2n) is 5.16. The van der Waals surface area contributed by atoms with Crippen molar-refractivity contribution in [3.8, 4) is 5.75 Å². The fraction of sp³-hybridized carbons (Fsp3) is 0.235. The molecule has 0 unspecified atom stereocenters. The van der Waals surface area contributed by atoms with E-state index < -0.39 is 0 Å². The summed E-state index contributed by atoms with van der Waals surface area (Å²) in [5, 5.41) is 0. The van der Waals surface area contributed by atoms with Crippen LogP contribution in [0.3, 0.4) is 0 Å². The van der Waals surface area contributed by atoms with Gasteiger partial charge in [-0.25, -0.2) is 0 Å². The van der Waals surface area contributed by atoms with E-state index in [-0.39, 0.29) is 5.78 Å². The quantitative estimate of drug-likeness (QED) is 0.865. The van der Waals surface area contributed by atoms with Gasteiger partial charge in [-0.05, 0) is 37.1 Å². The summed E-state index contributed by atoms with van der Waals surface area (Å²) in [5.74, 6) is 0.887. The fourth-order valence-corrected chi connectivity index (χ4v) is 2.31. The average Bonchev–Trinajstić information content (AvgIpc) is 2.49. The summed E-state index contributed by atoms with van der Waals surface area (Å²) in [6, 6.07) is 7.70. The van der Waals surface area contributed by atoms with E-state index in [2.05, 4.69) is 9.98 Å². The van der Waals surface area contributed by atoms with Crippen molar-refractivity contribution < 1.29 is 9.53 Å². The summed E-state index contributed by atoms with van der Waals surface area (Å²) in [7, 11) is 0. The molecule has 4 nitrogen and oxygen atoms in total. The van der Waals surface area contributed by atoms with Gasteiger partial charge >= 0.3 is 0 Å². The standard InChI is InChI=1S/C17H16N2O2/c1-11-4-3-5-17(12(11)2)21-10-13-8-16(20)14-9-18-7-6-15(14)19-13/h3-7,9H,8,10H2,1-2H3. The lowest BCUT2D eigenvalue weighted by Crippen LogP contribution is -2.20. The van der Waals surface area contributed by atoms with E-state index >= 15 is 0 Å². The molecule has 0 bridgehead atoms. The van der Waals surface area contributed by atoms with Gasteiger partial charge < -0.3 is 4.74 Å². The SMILES string of the molecule is Cc1cccc(OCC2=Nc3ccncc3C(=O)C2)c1C. The van der Waals surface area contributed by atoms with E-state index in [1.165, 1.54) is 5.56 Å². The molecule has 0 saturated heterocycles. The first-order valence-electron chi connectivity index (χ1n) is 6.88. The number of ketones is 1. The maximum absolute atomic E-state index is 12.1. The number of rotatable bonds is 3. The number of carbonyl (C=O) groups is 1. The summed E-state index contributed by atoms with van der Waals surface area (Å²) in [6.45, 7) is 4.41. The van der Waals surface area contributed by atoms with Crippen LogP contribution in [0, 0.1) is 13.8 Å². The van der Waals surface area contributed by atoms with Gasteiger partial charge in [-0.3, -0.25) is 14.8 Å². The number of carbonyl (C=O) groups excluding carboxylic acids is 1. The molecule has 1 aromatic carbocycles. The van der Waals surface area contributed by atoms with Crippen LogP contribution in [0.4, 0.5) is 5.69 Å². The number of fused-ring (bicyclic) bond motifs is 1. The number of Topliss-reactive ketones (excluding diaryl/α,β-unsaturated/α-hetero) is 1. The van der Waals surface area contributed by atoms with E-state index in [0.29, 0.717) is 24.3 Å². The second kappa shape index (κ2) is 5.48. The Labute approximate surface area is 123 Å². The molecule has 0 amide bonds. The maximum atomic E-state index is 12.1. The molecule has 0 N–H and O–H groups in total. The molecule has 4 heteroatoms. The van der Waals surface area contributed by atoms with Crippen LogP contribution in [-0.2, 0) is 0 Å². The van der Waals surface area contributed by atoms with Crippen LogP contribution >= 0.6 is 0 Å². The minimum atomic E-state index is 0.0488. The van der Waals surface area contributed by atoms with Gasteiger partial charge in [0, 0.05) is 12.4 Å². The highest BCUT2D eigenvalue weighted by atomic mass is 16.5. The van der Waals surface area contributed by atoms with Gasteiger partial charge in [0.2, 0.25) is 0 Å². The number of aliphatic imine (C=N–C) groups is 1. The molecule has 2 aromatic rings. The molecule has 21 heavy (non-hydrogen) atoms. The highest BCUT2D eigenvalue weighted by Gasteiger charge is 2.20. The molecule has 1 aromatic heterocycles. The second-order valence-corrected chi connectivity index (χ2v) is 5.16. The first-order valence-corrected chi connectivity index (χ1v) is 6.88. The van der Waals surface area contributed by atoms with Crippen molar-refractivity contribution in [2.24, 2.45) is 4.99 Å². The Morgan fingerprint density at radius 3 is 2.95 bits per heavy atom. The van der Waals surface area contributed by atoms with E-state index in [9.17, 15) is 4.79 Å². The zero-order valence-corrected chi connectivity index (χ0v) is 12.1. The minimum absolute atomic E-state index is 0.0488. The number of benzene rings is 1. The molecule has 1 aliphatic rings. The van der Waals surface area contributed by atoms with Crippen LogP contribution in [0.15, 0.2) is 41.7 Å². The lowest BCUT2D eigenvalue weighted by atomic mass is 10.0. The molecule has 0 fully saturated rings. The number of nitrogens with zero attached hydrogens (tertiary/aromatic N) is 2. The molecule has 0 aliphatic carbocycles. The minimum Gasteiger partial charge on any atom is -0.487 e. The Bertz CT molecular complexity index is 735. The third-order valence-electron chi connectivity index (χ3n) is 3.69. The van der Waals surface area contributed by atoms with Crippen LogP contribution in [0.1, 0.15) is 27.9 Å². The van der Waals surface area contributed by atoms with Gasteiger partial charge in [0.05, 0.1) is 23.4 Å². The molecular weight excluding hydrogens is 264 g/mol. The third kappa shape index (κ3) is 2.70. The molecule has 2 heterocycles. The molecular formula is C17H16N2O2. The van der Waals surface area contributed by atoms with Gasteiger partial charge in [-0.1, -0.05) is 12.1 Å². The summed E-state index contributed by atoms with van der Waals surface area (Å²) < 4.78 is 5.82. The predicted molar refractivity (Wildman–Crippen MR) is 81.7 cm³/mol. The first-order chi connectivity index (χ1) is 10.1. The largest absolute Gasteiger partial charge is 0.487 e. The maximum Gasteiger partial charge on any atom is 0.172 e. The molecule has 0 saturated carbocycles. The van der Waals surface area contributed by atoms with Crippen molar-refractivity contribution in [2.45, 2.75) is 20.3 Å². The fourth-order valence-electron chi connectivity index (χ4n) is 2.31. The Kier molecular flexibility index (Phi) is 3.52. The third-order valence-corrected chi connectivity index (χ3v) is 3.69. The number of aromatic nitrogens is 1. The summed E-state index contributed by atoms with van der Waals surface area (Å²) in [6.07, 6.45) is 3.51. The highest BCUT2D eigenvalue weighted by molar-refractivity contribution is 6.15. The highest BCUT2D eigenvalue weighted by Crippen LogP contribution is 2.25. The van der Waals surface area contributed by atoms with Crippen molar-refractivity contribution in [1.82, 2.24) is 4.98 Å². The van der Waals surface area contributed by atoms with Crippen molar-refractivity contribution in [2.75, 3.05) is 6.61 Å². The van der Waals surface area contributed by atoms with Crippen LogP contribution in [-0.4, -0.2) is 23.1 Å². The molecule has 0 radical (unpaired) electrons. The van der Waals surface area contributed by atoms with Crippen LogP contribution in [0.2, 0.25) is 0 Å². The first kappa shape index (κ1) is 13.5. The Morgan fingerprint density at radius 2 is 2.10 bits per heavy atom. The normalized spacial score (nSPS) is 13.6. The average molecular weight is 280 g/mol. The number of ether oxygens (including phenoxy) is 1. The molecule has 1 aliphatic heterocycles. The van der Waals surface area contributed by atoms with Crippen molar-refractivity contribution in [3.05, 3.63) is 53.3 Å². The predicted octanol–water partition coefficient (Wildman–Crippen LogP) is 3.44. The monoisotopic (exact) mass is 280 g/mol. The van der Waals surface area contributed by atoms with Gasteiger partial charge in [0.1, 0.15) is 12.4 Å². The van der Waals surface area contributed by atoms with Crippen LogP contribution in [0.25, 0.3) is 0 Å². The Hall–Kier alpha value is -2.49.